The molecule has 0 aliphatic heterocycles. The van der Waals surface area contributed by atoms with E-state index in [9.17, 15) is 23.5 Å². The maximum atomic E-state index is 13.4. The van der Waals surface area contributed by atoms with Crippen LogP contribution in [-0.4, -0.2) is 112 Å². The van der Waals surface area contributed by atoms with Crippen molar-refractivity contribution >= 4 is 35.4 Å². The highest BCUT2D eigenvalue weighted by molar-refractivity contribution is 5.85. The summed E-state index contributed by atoms with van der Waals surface area (Å²) in [5.74, 6) is 1.94. The summed E-state index contributed by atoms with van der Waals surface area (Å²) >= 11 is 0. The van der Waals surface area contributed by atoms with Gasteiger partial charge in [0.05, 0.1) is 30.8 Å². The van der Waals surface area contributed by atoms with Crippen LogP contribution >= 0.6 is 0 Å². The third kappa shape index (κ3) is 14.2. The lowest BCUT2D eigenvalue weighted by molar-refractivity contribution is -0.166. The van der Waals surface area contributed by atoms with Crippen LogP contribution in [-0.2, 0) is 19.1 Å². The van der Waals surface area contributed by atoms with Gasteiger partial charge in [0.1, 0.15) is 5.60 Å². The van der Waals surface area contributed by atoms with Gasteiger partial charge in [-0.05, 0) is 128 Å². The minimum atomic E-state index is -1.06. The number of ether oxygens (including phenoxy) is 2. The van der Waals surface area contributed by atoms with E-state index in [-0.39, 0.29) is 35.6 Å². The van der Waals surface area contributed by atoms with Gasteiger partial charge in [-0.15, -0.1) is 0 Å². The average molecular weight is 1090 g/mol. The van der Waals surface area contributed by atoms with Gasteiger partial charge in [-0.25, -0.2) is 52.8 Å². The standard InChI is InChI=1S/C27H32FN9O2.C17H23N5O3.C10H11FN4/c1-16-11-22(33-26(31-16)34-23-12-17(2)35-36-23)19-7-9-27(39-4,10-8-19)25(38)32-18(3)20-5-6-24(29-13-20)37-15-21(28)14-30-37;1-10-8-13(12-4-6-17(25-3,7-5-12)15(23)24)19-16(18-10)20-14-9-11(2)21-22-14;1-7(12)8-2-3-10(13-4-8)15-6-9(11)5-14-15/h5-6,11-15,18-19H,7-10H2,1-4H3,(H,32,38)(H2,31,33,34,35,36);8-9,12H,4-7H2,1-3H3,(H,23,24)(H2,18,19,20,21,22);2-7H,12H2,1H3/t18-,19?,27?;;7-/m0.0/s1. The molecule has 0 bridgehead atoms. The lowest BCUT2D eigenvalue weighted by Gasteiger charge is -2.38. The summed E-state index contributed by atoms with van der Waals surface area (Å²) in [6, 6.07) is 14.6. The normalized spacial score (nSPS) is 19.7. The zero-order valence-electron chi connectivity index (χ0n) is 45.3. The van der Waals surface area contributed by atoms with Crippen LogP contribution in [0.15, 0.2) is 85.7 Å². The number of nitrogens with zero attached hydrogens (tertiary/aromatic N) is 12. The number of carbonyl (C=O) groups excluding carboxylic acids is 1. The smallest absolute Gasteiger partial charge is 0.335 e. The summed E-state index contributed by atoms with van der Waals surface area (Å²) in [7, 11) is 3.06. The van der Waals surface area contributed by atoms with Crippen LogP contribution in [0.3, 0.4) is 0 Å². The Morgan fingerprint density at radius 1 is 0.671 bits per heavy atom. The molecule has 79 heavy (non-hydrogen) atoms. The van der Waals surface area contributed by atoms with Crippen LogP contribution in [0, 0.1) is 39.3 Å². The summed E-state index contributed by atoms with van der Waals surface area (Å²) in [5, 5.41) is 40.6. The van der Waals surface area contributed by atoms with E-state index >= 15 is 0 Å². The van der Waals surface area contributed by atoms with E-state index in [2.05, 4.69) is 71.5 Å². The highest BCUT2D eigenvalue weighted by atomic mass is 19.1. The Labute approximate surface area is 455 Å². The zero-order valence-corrected chi connectivity index (χ0v) is 45.3. The first-order valence-electron chi connectivity index (χ1n) is 25.9. The predicted octanol–water partition coefficient (Wildman–Crippen LogP) is 8.31. The molecule has 1 amide bonds. The van der Waals surface area contributed by atoms with Gasteiger partial charge in [0.25, 0.3) is 5.91 Å². The molecule has 0 aromatic carbocycles. The number of anilines is 4. The molecule has 0 radical (unpaired) electrons. The molecule has 2 aliphatic carbocycles. The molecule has 8 N–H and O–H groups in total. The molecule has 8 aromatic rings. The third-order valence-corrected chi connectivity index (χ3v) is 14.1. The number of carboxylic acids is 1. The highest BCUT2D eigenvalue weighted by Gasteiger charge is 2.44. The van der Waals surface area contributed by atoms with Crippen molar-refractivity contribution in [2.75, 3.05) is 24.9 Å². The van der Waals surface area contributed by atoms with Crippen molar-refractivity contribution in [3.05, 3.63) is 143 Å². The Morgan fingerprint density at radius 2 is 1.11 bits per heavy atom. The average Bonchev–Trinajstić information content (AvgIpc) is 4.34. The second-order valence-electron chi connectivity index (χ2n) is 20.0. The molecule has 2 fully saturated rings. The number of carbonyl (C=O) groups is 2. The molecule has 8 heterocycles. The summed E-state index contributed by atoms with van der Waals surface area (Å²) < 4.78 is 39.8. The summed E-state index contributed by atoms with van der Waals surface area (Å²) in [4.78, 5) is 51.7. The van der Waals surface area contributed by atoms with Gasteiger partial charge in [-0.2, -0.15) is 20.4 Å². The Balaban J connectivity index is 0.000000174. The molecule has 0 unspecified atom stereocenters. The van der Waals surface area contributed by atoms with Crippen molar-refractivity contribution in [3.8, 4) is 11.6 Å². The first kappa shape index (κ1) is 56.8. The van der Waals surface area contributed by atoms with Crippen molar-refractivity contribution in [1.29, 1.82) is 0 Å². The number of rotatable bonds is 15. The molecule has 2 atom stereocenters. The summed E-state index contributed by atoms with van der Waals surface area (Å²) in [6.07, 6.45) is 13.2. The number of H-pyrrole nitrogens is 2. The number of aromatic amines is 2. The zero-order chi connectivity index (χ0) is 56.4. The quantitative estimate of drug-likeness (QED) is 0.0507. The van der Waals surface area contributed by atoms with Gasteiger partial charge in [0, 0.05) is 90.8 Å². The van der Waals surface area contributed by atoms with E-state index in [1.807, 2.05) is 77.9 Å². The second-order valence-corrected chi connectivity index (χ2v) is 20.0. The SMILES string of the molecule is COC1(C(=O)N[C@@H](C)c2ccc(-n3cc(F)cn3)nc2)CCC(c2cc(C)nc(Nc3cc(C)[nH]n3)n2)CC1.COC1(C(=O)O)CCC(c2cc(C)nc(Nc3cc(C)[nH]n3)n2)CC1.C[C@H](N)c1ccc(-n2cc(F)cn2)nc1. The minimum absolute atomic E-state index is 0.0547. The second kappa shape index (κ2) is 24.9. The first-order valence-corrected chi connectivity index (χ1v) is 25.9. The van der Waals surface area contributed by atoms with Crippen LogP contribution in [0.4, 0.5) is 32.3 Å². The molecule has 2 aliphatic rings. The number of hydrogen-bond acceptors (Lipinski definition) is 17. The fourth-order valence-corrected chi connectivity index (χ4v) is 9.55. The number of nitrogens with one attached hydrogen (secondary N) is 5. The van der Waals surface area contributed by atoms with Crippen LogP contribution in [0.1, 0.15) is 134 Å². The maximum absolute atomic E-state index is 13.4. The Kier molecular flexibility index (Phi) is 17.9. The Bertz CT molecular complexity index is 3310. The topological polar surface area (TPSA) is 305 Å². The summed E-state index contributed by atoms with van der Waals surface area (Å²) in [6.45, 7) is 11.5. The number of hydrogen-bond donors (Lipinski definition) is 7. The number of aliphatic carboxylic acids is 1. The van der Waals surface area contributed by atoms with E-state index in [0.717, 1.165) is 83.4 Å². The highest BCUT2D eigenvalue weighted by Crippen LogP contribution is 2.41. The van der Waals surface area contributed by atoms with Crippen molar-refractivity contribution in [1.82, 2.24) is 75.2 Å². The number of nitrogens with two attached hydrogens (primary N) is 1. The molecule has 10 rings (SSSR count). The number of amides is 1. The van der Waals surface area contributed by atoms with E-state index in [1.54, 1.807) is 31.6 Å². The van der Waals surface area contributed by atoms with Crippen LogP contribution in [0.2, 0.25) is 0 Å². The number of pyridine rings is 2. The van der Waals surface area contributed by atoms with Gasteiger partial charge in [-0.3, -0.25) is 15.0 Å². The number of methoxy groups -OCH3 is 2. The molecule has 0 saturated heterocycles. The van der Waals surface area contributed by atoms with Crippen molar-refractivity contribution < 1.29 is 33.0 Å². The number of halogens is 2. The van der Waals surface area contributed by atoms with Crippen molar-refractivity contribution in [2.45, 2.75) is 128 Å². The lowest BCUT2D eigenvalue weighted by atomic mass is 9.76. The largest absolute Gasteiger partial charge is 0.479 e. The first-order chi connectivity index (χ1) is 37.8. The molecular weight excluding hydrogens is 1020 g/mol. The fraction of sp³-hybridized carbons (Fsp3) is 0.407. The predicted molar refractivity (Wildman–Crippen MR) is 288 cm³/mol. The van der Waals surface area contributed by atoms with Gasteiger partial charge >= 0.3 is 5.97 Å². The minimum Gasteiger partial charge on any atom is -0.479 e. The Hall–Kier alpha value is -8.42. The number of carboxylic acid groups (broad SMARTS) is 1. The molecule has 8 aromatic heterocycles. The number of aromatic nitrogens is 14. The van der Waals surface area contributed by atoms with E-state index in [0.29, 0.717) is 60.9 Å². The molecule has 2 saturated carbocycles. The van der Waals surface area contributed by atoms with E-state index in [4.69, 9.17) is 20.2 Å². The van der Waals surface area contributed by atoms with Crippen LogP contribution < -0.4 is 21.7 Å². The van der Waals surface area contributed by atoms with Gasteiger partial charge in [0.15, 0.2) is 40.5 Å². The van der Waals surface area contributed by atoms with Crippen LogP contribution in [0.25, 0.3) is 11.6 Å². The maximum Gasteiger partial charge on any atom is 0.335 e. The van der Waals surface area contributed by atoms with Crippen molar-refractivity contribution in [2.24, 2.45) is 5.73 Å². The number of aryl methyl sites for hydroxylation is 4. The molecule has 416 valence electrons. The van der Waals surface area contributed by atoms with Gasteiger partial charge < -0.3 is 36.3 Å². The molecule has 25 heteroatoms. The Morgan fingerprint density at radius 3 is 1.47 bits per heavy atom. The monoisotopic (exact) mass is 1080 g/mol. The van der Waals surface area contributed by atoms with E-state index in [1.165, 1.54) is 28.9 Å². The molecule has 0 spiro atoms. The van der Waals surface area contributed by atoms with E-state index < -0.39 is 23.0 Å². The van der Waals surface area contributed by atoms with Crippen LogP contribution in [0.5, 0.6) is 0 Å². The van der Waals surface area contributed by atoms with Gasteiger partial charge in [0.2, 0.25) is 11.9 Å². The fourth-order valence-electron chi connectivity index (χ4n) is 9.55. The molecule has 23 nitrogen and oxygen atoms in total. The third-order valence-electron chi connectivity index (χ3n) is 14.1. The molecular formula is C54H66F2N18O5. The lowest BCUT2D eigenvalue weighted by Crippen LogP contribution is -2.50. The van der Waals surface area contributed by atoms with Gasteiger partial charge in [-0.1, -0.05) is 12.1 Å². The van der Waals surface area contributed by atoms with Crippen molar-refractivity contribution in [3.63, 3.8) is 0 Å². The summed E-state index contributed by atoms with van der Waals surface area (Å²) in [5.41, 5.74) is 11.0.